The van der Waals surface area contributed by atoms with E-state index < -0.39 is 46.0 Å². The normalized spacial score (nSPS) is 15.2. The van der Waals surface area contributed by atoms with E-state index in [1.807, 2.05) is 0 Å². The molecule has 1 saturated heterocycles. The molecule has 2 aromatic rings. The number of benzene rings is 1. The first-order valence-electron chi connectivity index (χ1n) is 9.01. The Hall–Kier alpha value is -2.40. The molecule has 1 aromatic carbocycles. The monoisotopic (exact) mass is 515 g/mol. The Kier molecular flexibility index (Phi) is 7.37. The molecule has 2 heterocycles. The molecule has 2 N–H and O–H groups in total. The fourth-order valence-corrected chi connectivity index (χ4v) is 8.41. The third kappa shape index (κ3) is 5.85. The molecule has 1 aliphatic heterocycles. The summed E-state index contributed by atoms with van der Waals surface area (Å²) in [6, 6.07) is 4.71. The molecule has 2 amide bonds. The molecule has 0 atom stereocenters. The average Bonchev–Trinajstić information content (AvgIpc) is 2.72. The van der Waals surface area contributed by atoms with Gasteiger partial charge >= 0.3 is 183 Å². The van der Waals surface area contributed by atoms with Gasteiger partial charge in [0.2, 0.25) is 0 Å². The van der Waals surface area contributed by atoms with Crippen molar-refractivity contribution < 1.29 is 31.5 Å². The molecule has 0 unspecified atom stereocenters. The van der Waals surface area contributed by atoms with Crippen LogP contribution < -0.4 is 15.0 Å². The molecule has 3 rings (SSSR count). The van der Waals surface area contributed by atoms with Gasteiger partial charge in [0.05, 0.1) is 0 Å². The number of morpholine rings is 1. The first kappa shape index (κ1) is 23.3. The van der Waals surface area contributed by atoms with Crippen molar-refractivity contribution in [2.45, 2.75) is 6.92 Å². The summed E-state index contributed by atoms with van der Waals surface area (Å²) in [6.45, 7) is 2.12. The molecule has 1 aliphatic rings. The van der Waals surface area contributed by atoms with Crippen molar-refractivity contribution in [2.75, 3.05) is 36.9 Å². The van der Waals surface area contributed by atoms with Gasteiger partial charge in [-0.1, -0.05) is 0 Å². The SMILES string of the molecule is CC(=O)Nc1ccc(NC(=O)c2c(F)ccc([As]S(=O)(=O)N3CCOCC3)c2F)cn1. The van der Waals surface area contributed by atoms with Crippen LogP contribution in [-0.4, -0.2) is 70.4 Å². The van der Waals surface area contributed by atoms with Gasteiger partial charge in [0, 0.05) is 0 Å². The first-order chi connectivity index (χ1) is 14.7. The zero-order valence-electron chi connectivity index (χ0n) is 16.3. The van der Waals surface area contributed by atoms with E-state index in [2.05, 4.69) is 15.6 Å². The predicted molar refractivity (Wildman–Crippen MR) is 110 cm³/mol. The summed E-state index contributed by atoms with van der Waals surface area (Å²) < 4.78 is 60.5. The number of carbonyl (C=O) groups excluding carboxylic acids is 2. The minimum absolute atomic E-state index is 0.137. The number of hydrogen-bond acceptors (Lipinski definition) is 6. The summed E-state index contributed by atoms with van der Waals surface area (Å²) in [6.07, 6.45) is 1.21. The van der Waals surface area contributed by atoms with E-state index in [0.717, 1.165) is 12.1 Å². The number of carbonyl (C=O) groups is 2. The van der Waals surface area contributed by atoms with E-state index in [1.54, 1.807) is 0 Å². The van der Waals surface area contributed by atoms with Gasteiger partial charge in [0.1, 0.15) is 0 Å². The number of nitrogens with one attached hydrogen (secondary N) is 2. The number of nitrogens with zero attached hydrogens (tertiary/aromatic N) is 2. The predicted octanol–water partition coefficient (Wildman–Crippen LogP) is 0.477. The van der Waals surface area contributed by atoms with Crippen LogP contribution >= 0.6 is 0 Å². The van der Waals surface area contributed by atoms with Gasteiger partial charge in [-0.25, -0.2) is 0 Å². The van der Waals surface area contributed by atoms with Crippen molar-refractivity contribution in [2.24, 2.45) is 0 Å². The first-order valence-corrected chi connectivity index (χ1v) is 13.6. The summed E-state index contributed by atoms with van der Waals surface area (Å²) in [5.74, 6) is -3.51. The molecule has 0 bridgehead atoms. The zero-order chi connectivity index (χ0) is 22.6. The number of hydrogen-bond donors (Lipinski definition) is 2. The average molecular weight is 515 g/mol. The van der Waals surface area contributed by atoms with Gasteiger partial charge < -0.3 is 0 Å². The van der Waals surface area contributed by atoms with Crippen LogP contribution in [0.3, 0.4) is 0 Å². The van der Waals surface area contributed by atoms with E-state index in [9.17, 15) is 26.8 Å². The second kappa shape index (κ2) is 9.82. The standard InChI is InChI=1S/C18H18AsF2N4O5S/c1-11(26)23-15-5-2-12(10-22-15)24-18(27)16-14(20)4-3-13(17(16)21)19-31(28,29)25-6-8-30-9-7-25/h2-5,10H,6-9H2,1H3,(H,24,27)(H,22,23,26). The van der Waals surface area contributed by atoms with Crippen LogP contribution in [0.5, 0.6) is 0 Å². The van der Waals surface area contributed by atoms with Crippen LogP contribution in [0.15, 0.2) is 30.5 Å². The summed E-state index contributed by atoms with van der Waals surface area (Å²) in [5.41, 5.74) is -0.742. The Balaban J connectivity index is 1.79. The Morgan fingerprint density at radius 1 is 1.13 bits per heavy atom. The molecule has 31 heavy (non-hydrogen) atoms. The van der Waals surface area contributed by atoms with Crippen LogP contribution in [0.4, 0.5) is 20.3 Å². The Labute approximate surface area is 182 Å². The summed E-state index contributed by atoms with van der Waals surface area (Å²) in [5, 5.41) is 4.76. The van der Waals surface area contributed by atoms with Crippen molar-refractivity contribution in [3.63, 3.8) is 0 Å². The molecule has 1 fully saturated rings. The van der Waals surface area contributed by atoms with Crippen LogP contribution in [0.2, 0.25) is 0 Å². The third-order valence-corrected chi connectivity index (χ3v) is 10.4. The molecule has 0 spiro atoms. The molecule has 1 radical (unpaired) electrons. The maximum absolute atomic E-state index is 14.9. The fourth-order valence-electron chi connectivity index (χ4n) is 2.70. The number of halogens is 2. The number of aromatic nitrogens is 1. The van der Waals surface area contributed by atoms with Crippen molar-refractivity contribution >= 4 is 50.6 Å². The van der Waals surface area contributed by atoms with Crippen LogP contribution in [-0.2, 0) is 17.8 Å². The van der Waals surface area contributed by atoms with E-state index in [-0.39, 0.29) is 48.1 Å². The Morgan fingerprint density at radius 3 is 2.45 bits per heavy atom. The summed E-state index contributed by atoms with van der Waals surface area (Å²) in [7, 11) is -3.78. The number of anilines is 2. The third-order valence-electron chi connectivity index (χ3n) is 4.13. The molecular weight excluding hydrogens is 497 g/mol. The van der Waals surface area contributed by atoms with Crippen molar-refractivity contribution in [1.82, 2.24) is 9.29 Å². The van der Waals surface area contributed by atoms with Crippen LogP contribution in [0.1, 0.15) is 17.3 Å². The van der Waals surface area contributed by atoms with E-state index in [0.29, 0.717) is 0 Å². The van der Waals surface area contributed by atoms with Crippen molar-refractivity contribution in [3.8, 4) is 0 Å². The van der Waals surface area contributed by atoms with Gasteiger partial charge in [-0.3, -0.25) is 0 Å². The van der Waals surface area contributed by atoms with Gasteiger partial charge in [0.25, 0.3) is 0 Å². The van der Waals surface area contributed by atoms with E-state index >= 15 is 0 Å². The van der Waals surface area contributed by atoms with Gasteiger partial charge in [0.15, 0.2) is 0 Å². The molecule has 1 aromatic heterocycles. The number of ether oxygens (including phenoxy) is 1. The Morgan fingerprint density at radius 2 is 1.84 bits per heavy atom. The van der Waals surface area contributed by atoms with Gasteiger partial charge in [-0.2, -0.15) is 0 Å². The topological polar surface area (TPSA) is 118 Å². The van der Waals surface area contributed by atoms with Crippen LogP contribution in [0, 0.1) is 11.6 Å². The number of rotatable bonds is 6. The molecule has 0 aliphatic carbocycles. The van der Waals surface area contributed by atoms with Crippen LogP contribution in [0.25, 0.3) is 0 Å². The fraction of sp³-hybridized carbons (Fsp3) is 0.278. The number of amides is 2. The second-order valence-corrected chi connectivity index (χ2v) is 13.1. The summed E-state index contributed by atoms with van der Waals surface area (Å²) in [4.78, 5) is 27.4. The van der Waals surface area contributed by atoms with Crippen molar-refractivity contribution in [3.05, 3.63) is 47.7 Å². The van der Waals surface area contributed by atoms with Gasteiger partial charge in [-0.05, 0) is 0 Å². The number of pyridine rings is 1. The summed E-state index contributed by atoms with van der Waals surface area (Å²) >= 11 is -1.75. The molecular formula is C18H18AsF2N4O5S. The van der Waals surface area contributed by atoms with E-state index in [4.69, 9.17) is 4.74 Å². The van der Waals surface area contributed by atoms with Gasteiger partial charge in [-0.15, -0.1) is 0 Å². The molecule has 165 valence electrons. The molecule has 13 heteroatoms. The quantitative estimate of drug-likeness (QED) is 0.541. The molecule has 9 nitrogen and oxygen atoms in total. The minimum atomic E-state index is -3.78. The van der Waals surface area contributed by atoms with Crippen molar-refractivity contribution in [1.29, 1.82) is 0 Å². The zero-order valence-corrected chi connectivity index (χ0v) is 19.0. The maximum atomic E-state index is 14.9. The van der Waals surface area contributed by atoms with E-state index in [1.165, 1.54) is 29.6 Å². The second-order valence-electron chi connectivity index (χ2n) is 6.40. The Bertz CT molecular complexity index is 1090. The molecule has 0 saturated carbocycles.